The number of thioether (sulfide) groups is 1. The topological polar surface area (TPSA) is 93.5 Å². The number of fused-ring (bicyclic) bond motifs is 3. The molecular weight excluding hydrogens is 438 g/mol. The number of rotatable bonds is 10. The maximum Gasteiger partial charge on any atom is 0.407 e. The number of carboxylic acid groups (broad SMARTS) is 1. The molecule has 2 N–H and O–H groups in total. The van der Waals surface area contributed by atoms with Crippen molar-refractivity contribution in [2.45, 2.75) is 24.8 Å². The number of aromatic nitrogens is 2. The zero-order valence-corrected chi connectivity index (χ0v) is 19.3. The van der Waals surface area contributed by atoms with Crippen LogP contribution in [0.2, 0.25) is 0 Å². The van der Waals surface area contributed by atoms with E-state index in [4.69, 9.17) is 4.74 Å². The number of carboxylic acids is 1. The zero-order valence-electron chi connectivity index (χ0n) is 18.4. The first-order valence-corrected chi connectivity index (χ1v) is 12.1. The van der Waals surface area contributed by atoms with Crippen LogP contribution in [-0.4, -0.2) is 51.1 Å². The smallest absolute Gasteiger partial charge is 0.407 e. The number of carbonyl (C=O) groups excluding carboxylic acids is 1. The van der Waals surface area contributed by atoms with Crippen molar-refractivity contribution >= 4 is 23.8 Å². The molecule has 2 aromatic carbocycles. The molecule has 0 bridgehead atoms. The standard InChI is InChI=1S/C25H27N3O4S/c1-28-17(10-13-26-28)11-14-33-15-12-23(24(29)30)27-25(31)32-16-22-20-8-4-2-6-18(20)19-7-3-5-9-21(19)22/h2-10,13,22-23H,11-12,14-16H2,1H3,(H,27,31)(H,29,30). The van der Waals surface area contributed by atoms with Crippen molar-refractivity contribution in [3.8, 4) is 11.1 Å². The number of alkyl carbamates (subject to hydrolysis) is 1. The average Bonchev–Trinajstić information content (AvgIpc) is 3.37. The van der Waals surface area contributed by atoms with Crippen LogP contribution < -0.4 is 5.32 Å². The predicted octanol–water partition coefficient (Wildman–Crippen LogP) is 4.08. The number of amides is 1. The molecule has 8 heteroatoms. The van der Waals surface area contributed by atoms with Crippen LogP contribution in [0.1, 0.15) is 29.2 Å². The Balaban J connectivity index is 1.26. The highest BCUT2D eigenvalue weighted by atomic mass is 32.2. The summed E-state index contributed by atoms with van der Waals surface area (Å²) in [5.41, 5.74) is 5.66. The summed E-state index contributed by atoms with van der Waals surface area (Å²) in [6, 6.07) is 17.2. The lowest BCUT2D eigenvalue weighted by Crippen LogP contribution is -2.41. The van der Waals surface area contributed by atoms with Gasteiger partial charge in [-0.25, -0.2) is 9.59 Å². The second-order valence-electron chi connectivity index (χ2n) is 7.96. The molecule has 0 fully saturated rings. The van der Waals surface area contributed by atoms with Crippen LogP contribution in [-0.2, 0) is 23.0 Å². The molecular formula is C25H27N3O4S. The maximum absolute atomic E-state index is 12.4. The number of aliphatic carboxylic acids is 1. The van der Waals surface area contributed by atoms with Crippen LogP contribution >= 0.6 is 11.8 Å². The van der Waals surface area contributed by atoms with Crippen LogP contribution in [0.15, 0.2) is 60.8 Å². The molecule has 0 aliphatic heterocycles. The highest BCUT2D eigenvalue weighted by Crippen LogP contribution is 2.44. The van der Waals surface area contributed by atoms with E-state index in [-0.39, 0.29) is 12.5 Å². The third-order valence-electron chi connectivity index (χ3n) is 5.91. The molecule has 4 rings (SSSR count). The van der Waals surface area contributed by atoms with Crippen molar-refractivity contribution in [1.29, 1.82) is 0 Å². The van der Waals surface area contributed by atoms with Gasteiger partial charge < -0.3 is 15.2 Å². The van der Waals surface area contributed by atoms with Crippen molar-refractivity contribution in [3.63, 3.8) is 0 Å². The number of benzene rings is 2. The monoisotopic (exact) mass is 465 g/mol. The Hall–Kier alpha value is -3.26. The molecule has 33 heavy (non-hydrogen) atoms. The first-order valence-electron chi connectivity index (χ1n) is 10.9. The molecule has 0 saturated carbocycles. The van der Waals surface area contributed by atoms with Crippen molar-refractivity contribution in [3.05, 3.63) is 77.6 Å². The molecule has 172 valence electrons. The van der Waals surface area contributed by atoms with Crippen molar-refractivity contribution < 1.29 is 19.4 Å². The first kappa shape index (κ1) is 22.9. The van der Waals surface area contributed by atoms with Gasteiger partial charge in [-0.2, -0.15) is 16.9 Å². The van der Waals surface area contributed by atoms with Crippen LogP contribution in [0, 0.1) is 0 Å². The van der Waals surface area contributed by atoms with Gasteiger partial charge in [-0.1, -0.05) is 48.5 Å². The second kappa shape index (κ2) is 10.6. The third kappa shape index (κ3) is 5.39. The second-order valence-corrected chi connectivity index (χ2v) is 9.18. The summed E-state index contributed by atoms with van der Waals surface area (Å²) in [6.45, 7) is 0.158. The molecule has 0 spiro atoms. The van der Waals surface area contributed by atoms with E-state index < -0.39 is 18.1 Å². The van der Waals surface area contributed by atoms with Crippen LogP contribution in [0.3, 0.4) is 0 Å². The lowest BCUT2D eigenvalue weighted by molar-refractivity contribution is -0.139. The maximum atomic E-state index is 12.4. The molecule has 7 nitrogen and oxygen atoms in total. The number of hydrogen-bond acceptors (Lipinski definition) is 5. The Bertz CT molecular complexity index is 1080. The summed E-state index contributed by atoms with van der Waals surface area (Å²) in [5.74, 6) is 0.361. The minimum Gasteiger partial charge on any atom is -0.480 e. The van der Waals surface area contributed by atoms with E-state index in [9.17, 15) is 14.7 Å². The predicted molar refractivity (Wildman–Crippen MR) is 128 cm³/mol. The zero-order chi connectivity index (χ0) is 23.2. The lowest BCUT2D eigenvalue weighted by Gasteiger charge is -2.17. The molecule has 0 saturated heterocycles. The van der Waals surface area contributed by atoms with Crippen LogP contribution in [0.25, 0.3) is 11.1 Å². The van der Waals surface area contributed by atoms with Gasteiger partial charge in [-0.05, 0) is 52.7 Å². The normalized spacial score (nSPS) is 13.2. The summed E-state index contributed by atoms with van der Waals surface area (Å²) in [4.78, 5) is 24.0. The third-order valence-corrected chi connectivity index (χ3v) is 6.93. The van der Waals surface area contributed by atoms with Gasteiger partial charge in [0.05, 0.1) is 0 Å². The van der Waals surface area contributed by atoms with E-state index in [0.717, 1.165) is 40.1 Å². The summed E-state index contributed by atoms with van der Waals surface area (Å²) >= 11 is 1.65. The first-order chi connectivity index (χ1) is 16.0. The van der Waals surface area contributed by atoms with Crippen molar-refractivity contribution in [1.82, 2.24) is 15.1 Å². The Morgan fingerprint density at radius 1 is 1.09 bits per heavy atom. The van der Waals surface area contributed by atoms with Crippen molar-refractivity contribution in [2.24, 2.45) is 7.05 Å². The van der Waals surface area contributed by atoms with E-state index in [1.807, 2.05) is 54.2 Å². The van der Waals surface area contributed by atoms with Crippen LogP contribution in [0.5, 0.6) is 0 Å². The average molecular weight is 466 g/mol. The summed E-state index contributed by atoms with van der Waals surface area (Å²) in [6.07, 6.45) is 2.25. The molecule has 3 aromatic rings. The highest BCUT2D eigenvalue weighted by molar-refractivity contribution is 7.99. The SMILES string of the molecule is Cn1nccc1CCSCCC(NC(=O)OCC1c2ccccc2-c2ccccc21)C(=O)O. The number of aryl methyl sites for hydroxylation is 2. The quantitative estimate of drug-likeness (QED) is 0.438. The lowest BCUT2D eigenvalue weighted by atomic mass is 9.98. The molecule has 0 radical (unpaired) electrons. The molecule has 1 amide bonds. The van der Waals surface area contributed by atoms with Gasteiger partial charge >= 0.3 is 12.1 Å². The Morgan fingerprint density at radius 3 is 2.36 bits per heavy atom. The van der Waals surface area contributed by atoms with Gasteiger partial charge in [0.15, 0.2) is 0 Å². The van der Waals surface area contributed by atoms with Gasteiger partial charge in [-0.15, -0.1) is 0 Å². The molecule has 1 heterocycles. The molecule has 1 aromatic heterocycles. The van der Waals surface area contributed by atoms with Gasteiger partial charge in [0.25, 0.3) is 0 Å². The number of ether oxygens (including phenoxy) is 1. The van der Waals surface area contributed by atoms with E-state index in [0.29, 0.717) is 12.2 Å². The summed E-state index contributed by atoms with van der Waals surface area (Å²) in [5, 5.41) is 16.2. The molecule has 1 aliphatic carbocycles. The Kier molecular flexibility index (Phi) is 7.34. The Labute approximate surface area is 197 Å². The van der Waals surface area contributed by atoms with E-state index >= 15 is 0 Å². The fraction of sp³-hybridized carbons (Fsp3) is 0.320. The summed E-state index contributed by atoms with van der Waals surface area (Å²) in [7, 11) is 1.90. The molecule has 1 atom stereocenters. The minimum atomic E-state index is -1.06. The highest BCUT2D eigenvalue weighted by Gasteiger charge is 2.29. The van der Waals surface area contributed by atoms with E-state index in [2.05, 4.69) is 22.5 Å². The van der Waals surface area contributed by atoms with Gasteiger partial charge in [-0.3, -0.25) is 4.68 Å². The van der Waals surface area contributed by atoms with E-state index in [1.165, 1.54) is 0 Å². The molecule has 1 unspecified atom stereocenters. The summed E-state index contributed by atoms with van der Waals surface area (Å²) < 4.78 is 7.31. The fourth-order valence-corrected chi connectivity index (χ4v) is 5.13. The Morgan fingerprint density at radius 2 is 1.76 bits per heavy atom. The number of nitrogens with one attached hydrogen (secondary N) is 1. The minimum absolute atomic E-state index is 0.0611. The molecule has 1 aliphatic rings. The van der Waals surface area contributed by atoms with Crippen molar-refractivity contribution in [2.75, 3.05) is 18.1 Å². The van der Waals surface area contributed by atoms with Gasteiger partial charge in [0.2, 0.25) is 0 Å². The largest absolute Gasteiger partial charge is 0.480 e. The number of carbonyl (C=O) groups is 2. The number of hydrogen-bond donors (Lipinski definition) is 2. The number of nitrogens with zero attached hydrogens (tertiary/aromatic N) is 2. The van der Waals surface area contributed by atoms with Gasteiger partial charge in [0, 0.05) is 24.9 Å². The van der Waals surface area contributed by atoms with E-state index in [1.54, 1.807) is 18.0 Å². The van der Waals surface area contributed by atoms with Gasteiger partial charge in [0.1, 0.15) is 12.6 Å². The van der Waals surface area contributed by atoms with Crippen LogP contribution in [0.4, 0.5) is 4.79 Å². The fourth-order valence-electron chi connectivity index (χ4n) is 4.17.